The number of fused-ring (bicyclic) bond motifs is 9. The SMILES string of the molecule is CCC1CCC(=O)CC(=O)C=Cc2cc(OC)c(O)cc2C2C=CC1SSC(C13CCCC1C=Cc1cncn13)C1=CC2=CNC1N. The normalized spacial score (nSPS) is 32.0. The number of phenolic OH excluding ortho intramolecular Hbond substituents is 1. The van der Waals surface area contributed by atoms with Gasteiger partial charge >= 0.3 is 0 Å². The molecule has 246 valence electrons. The van der Waals surface area contributed by atoms with E-state index in [1.165, 1.54) is 13.2 Å². The molecule has 47 heavy (non-hydrogen) atoms. The molecule has 0 spiro atoms. The zero-order valence-corrected chi connectivity index (χ0v) is 28.4. The molecule has 1 saturated carbocycles. The van der Waals surface area contributed by atoms with E-state index in [1.54, 1.807) is 18.2 Å². The number of Topliss-reactive ketones (excluding diaryl/α,β-unsaturated/α-hetero) is 1. The monoisotopic (exact) mass is 670 g/mol. The van der Waals surface area contributed by atoms with Gasteiger partial charge in [0.25, 0.3) is 0 Å². The number of ketones is 2. The zero-order valence-electron chi connectivity index (χ0n) is 26.8. The molecular formula is C37H42N4O4S2. The van der Waals surface area contributed by atoms with Crippen LogP contribution >= 0.6 is 21.6 Å². The second-order valence-electron chi connectivity index (χ2n) is 13.2. The van der Waals surface area contributed by atoms with E-state index in [-0.39, 0.29) is 57.8 Å². The van der Waals surface area contributed by atoms with Crippen molar-refractivity contribution in [1.29, 1.82) is 0 Å². The number of hydrogen-bond donors (Lipinski definition) is 3. The summed E-state index contributed by atoms with van der Waals surface area (Å²) < 4.78 is 7.88. The number of imidazole rings is 1. The van der Waals surface area contributed by atoms with Crippen LogP contribution in [0, 0.1) is 11.8 Å². The maximum Gasteiger partial charge on any atom is 0.163 e. The van der Waals surface area contributed by atoms with Gasteiger partial charge < -0.3 is 25.5 Å². The minimum absolute atomic E-state index is 0.0261. The Morgan fingerprint density at radius 1 is 1.15 bits per heavy atom. The van der Waals surface area contributed by atoms with Gasteiger partial charge in [-0.05, 0) is 71.7 Å². The van der Waals surface area contributed by atoms with Gasteiger partial charge in [-0.1, -0.05) is 71.7 Å². The van der Waals surface area contributed by atoms with Crippen LogP contribution in [0.4, 0.5) is 0 Å². The third kappa shape index (κ3) is 5.82. The van der Waals surface area contributed by atoms with E-state index < -0.39 is 0 Å². The number of carbonyl (C=O) groups excluding carboxylic acids is 2. The molecule has 5 aliphatic rings. The number of phenols is 1. The average Bonchev–Trinajstić information content (AvgIpc) is 3.73. The van der Waals surface area contributed by atoms with Crippen LogP contribution in [0.15, 0.2) is 72.4 Å². The van der Waals surface area contributed by atoms with Gasteiger partial charge in [0, 0.05) is 29.7 Å². The number of carbonyl (C=O) groups is 2. The molecule has 2 aromatic rings. The van der Waals surface area contributed by atoms with Crippen molar-refractivity contribution in [2.24, 2.45) is 17.6 Å². The van der Waals surface area contributed by atoms with Crippen LogP contribution in [0.25, 0.3) is 12.2 Å². The molecular weight excluding hydrogens is 629 g/mol. The first kappa shape index (κ1) is 32.1. The molecule has 2 aliphatic carbocycles. The Morgan fingerprint density at radius 2 is 2.02 bits per heavy atom. The molecule has 0 radical (unpaired) electrons. The van der Waals surface area contributed by atoms with Crippen molar-refractivity contribution in [3.63, 3.8) is 0 Å². The van der Waals surface area contributed by atoms with Crippen LogP contribution in [0.5, 0.6) is 11.5 Å². The maximum atomic E-state index is 13.0. The average molecular weight is 671 g/mol. The van der Waals surface area contributed by atoms with Crippen LogP contribution < -0.4 is 15.8 Å². The number of nitrogens with two attached hydrogens (primary N) is 1. The van der Waals surface area contributed by atoms with E-state index in [4.69, 9.17) is 10.5 Å². The number of benzene rings is 1. The highest BCUT2D eigenvalue weighted by molar-refractivity contribution is 8.77. The molecule has 8 nitrogen and oxygen atoms in total. The molecule has 1 aromatic carbocycles. The van der Waals surface area contributed by atoms with Gasteiger partial charge in [0.05, 0.1) is 48.7 Å². The van der Waals surface area contributed by atoms with Crippen molar-refractivity contribution in [3.05, 3.63) is 89.2 Å². The van der Waals surface area contributed by atoms with Crippen LogP contribution in [0.3, 0.4) is 0 Å². The summed E-state index contributed by atoms with van der Waals surface area (Å²) in [6, 6.07) is 3.50. The molecule has 7 atom stereocenters. The molecule has 4 N–H and O–H groups in total. The second-order valence-corrected chi connectivity index (χ2v) is 15.8. The lowest BCUT2D eigenvalue weighted by atomic mass is 9.76. The molecule has 4 heterocycles. The first-order valence-electron chi connectivity index (χ1n) is 16.6. The van der Waals surface area contributed by atoms with Gasteiger partial charge in [0.1, 0.15) is 5.78 Å². The third-order valence-corrected chi connectivity index (χ3v) is 14.0. The first-order valence-corrected chi connectivity index (χ1v) is 18.9. The lowest BCUT2D eigenvalue weighted by Crippen LogP contribution is -2.53. The lowest BCUT2D eigenvalue weighted by Gasteiger charge is -2.47. The standard InChI is InChI=1S/C37H42N4O4S2/c1-3-22-6-10-27(42)17-28(43)11-7-23-16-33(45-2)32(44)18-30(23)29-12-13-34(22)46-47-35(31-15-24(29)19-40-36(31)38)37-14-4-5-25(37)8-9-26-20-39-21-41(26)37/h7-9,11-13,15-16,18-22,25,29,34-36,40,44H,3-6,10,14,17,38H2,1-2H3. The fourth-order valence-electron chi connectivity index (χ4n) is 8.15. The van der Waals surface area contributed by atoms with Crippen molar-refractivity contribution in [2.75, 3.05) is 7.11 Å². The maximum absolute atomic E-state index is 13.0. The van der Waals surface area contributed by atoms with E-state index in [2.05, 4.69) is 52.2 Å². The van der Waals surface area contributed by atoms with Crippen molar-refractivity contribution in [3.8, 4) is 11.5 Å². The molecule has 1 fully saturated rings. The number of nitrogens with one attached hydrogen (secondary N) is 1. The highest BCUT2D eigenvalue weighted by Gasteiger charge is 2.53. The van der Waals surface area contributed by atoms with E-state index in [0.29, 0.717) is 24.5 Å². The van der Waals surface area contributed by atoms with Gasteiger partial charge in [0.15, 0.2) is 17.3 Å². The van der Waals surface area contributed by atoms with E-state index >= 15 is 0 Å². The number of nitrogens with zero attached hydrogens (tertiary/aromatic N) is 2. The van der Waals surface area contributed by atoms with Gasteiger partial charge in [-0.3, -0.25) is 9.59 Å². The van der Waals surface area contributed by atoms with E-state index in [1.807, 2.05) is 40.3 Å². The predicted molar refractivity (Wildman–Crippen MR) is 190 cm³/mol. The first-order chi connectivity index (χ1) is 22.8. The third-order valence-electron chi connectivity index (χ3n) is 10.7. The van der Waals surface area contributed by atoms with Gasteiger partial charge in [-0.15, -0.1) is 0 Å². The lowest BCUT2D eigenvalue weighted by molar-refractivity contribution is -0.124. The van der Waals surface area contributed by atoms with E-state index in [0.717, 1.165) is 53.7 Å². The molecule has 1 aromatic heterocycles. The summed E-state index contributed by atoms with van der Waals surface area (Å²) in [5.41, 5.74) is 11.6. The fraction of sp³-hybridized carbons (Fsp3) is 0.432. The summed E-state index contributed by atoms with van der Waals surface area (Å²) in [7, 11) is 5.30. The van der Waals surface area contributed by atoms with E-state index in [9.17, 15) is 14.7 Å². The Kier molecular flexibility index (Phi) is 9.02. The van der Waals surface area contributed by atoms with Crippen molar-refractivity contribution in [2.45, 2.75) is 80.0 Å². The number of methoxy groups -OCH3 is 1. The molecule has 3 aliphatic heterocycles. The Hall–Kier alpha value is -3.47. The smallest absolute Gasteiger partial charge is 0.163 e. The molecule has 7 unspecified atom stereocenters. The number of aromatic nitrogens is 2. The number of allylic oxidation sites excluding steroid dienone is 5. The van der Waals surface area contributed by atoms with Crippen molar-refractivity contribution >= 4 is 45.3 Å². The van der Waals surface area contributed by atoms with Gasteiger partial charge in [0.2, 0.25) is 0 Å². The predicted octanol–water partition coefficient (Wildman–Crippen LogP) is 6.65. The summed E-state index contributed by atoms with van der Waals surface area (Å²) >= 11 is 0. The molecule has 7 rings (SSSR count). The second kappa shape index (κ2) is 13.2. The van der Waals surface area contributed by atoms with Crippen molar-refractivity contribution in [1.82, 2.24) is 14.9 Å². The Morgan fingerprint density at radius 3 is 2.85 bits per heavy atom. The Labute approximate surface area is 284 Å². The number of aromatic hydroxyl groups is 1. The number of rotatable bonds is 3. The van der Waals surface area contributed by atoms with Crippen LogP contribution in [0.1, 0.15) is 74.6 Å². The highest BCUT2D eigenvalue weighted by Crippen LogP contribution is 2.57. The molecule has 0 amide bonds. The summed E-state index contributed by atoms with van der Waals surface area (Å²) in [4.78, 5) is 30.5. The summed E-state index contributed by atoms with van der Waals surface area (Å²) in [6.07, 6.45) is 25.3. The number of ether oxygens (including phenoxy) is 1. The fourth-order valence-corrected chi connectivity index (χ4v) is 12.1. The van der Waals surface area contributed by atoms with Crippen LogP contribution in [-0.4, -0.2) is 50.0 Å². The summed E-state index contributed by atoms with van der Waals surface area (Å²) in [6.45, 7) is 2.19. The highest BCUT2D eigenvalue weighted by atomic mass is 33.1. The van der Waals surface area contributed by atoms with Gasteiger partial charge in [-0.2, -0.15) is 0 Å². The van der Waals surface area contributed by atoms with Gasteiger partial charge in [-0.25, -0.2) is 4.98 Å². The minimum Gasteiger partial charge on any atom is -0.504 e. The zero-order chi connectivity index (χ0) is 32.7. The summed E-state index contributed by atoms with van der Waals surface area (Å²) in [5.74, 6) is 0.408. The molecule has 0 saturated heterocycles. The topological polar surface area (TPSA) is 119 Å². The number of hydrogen-bond acceptors (Lipinski definition) is 9. The summed E-state index contributed by atoms with van der Waals surface area (Å²) in [5, 5.41) is 14.7. The molecule has 10 heteroatoms. The van der Waals surface area contributed by atoms with Crippen LogP contribution in [0.2, 0.25) is 0 Å². The Bertz CT molecular complexity index is 1720. The largest absolute Gasteiger partial charge is 0.504 e. The Balaban J connectivity index is 1.43. The quantitative estimate of drug-likeness (QED) is 0.187. The van der Waals surface area contributed by atoms with Crippen LogP contribution in [-0.2, 0) is 15.1 Å². The van der Waals surface area contributed by atoms with Crippen molar-refractivity contribution < 1.29 is 19.4 Å². The number of dihydropyridines is 1. The minimum atomic E-state index is -0.376. The molecule has 4 bridgehead atoms.